The Morgan fingerprint density at radius 1 is 0.944 bits per heavy atom. The number of benzene rings is 2. The van der Waals surface area contributed by atoms with Crippen LogP contribution in [0.25, 0.3) is 5.57 Å². The number of rotatable bonds is 4. The normalized spacial score (nSPS) is 11.9. The van der Waals surface area contributed by atoms with E-state index in [1.54, 1.807) is 0 Å². The minimum absolute atomic E-state index is 0.0135. The van der Waals surface area contributed by atoms with Crippen molar-refractivity contribution in [3.05, 3.63) is 77.9 Å². The smallest absolute Gasteiger partial charge is 0.0622 e. The van der Waals surface area contributed by atoms with Crippen LogP contribution in [-0.2, 0) is 0 Å². The minimum Gasteiger partial charge on any atom is -0.118 e. The van der Waals surface area contributed by atoms with Crippen molar-refractivity contribution in [3.63, 3.8) is 0 Å². The average molecular weight is 322 g/mol. The summed E-state index contributed by atoms with van der Waals surface area (Å²) in [4.78, 5) is 0. The lowest BCUT2D eigenvalue weighted by atomic mass is 9.97. The van der Waals surface area contributed by atoms with E-state index in [0.717, 1.165) is 5.33 Å². The molecule has 0 radical (unpaired) electrons. The molecule has 1 atom stereocenters. The highest BCUT2D eigenvalue weighted by Gasteiger charge is 2.07. The second-order valence-corrected chi connectivity index (χ2v) is 5.19. The zero-order valence-electron chi connectivity index (χ0n) is 9.89. The van der Waals surface area contributed by atoms with Gasteiger partial charge >= 0.3 is 0 Å². The van der Waals surface area contributed by atoms with E-state index in [0.29, 0.717) is 0 Å². The molecule has 0 aliphatic rings. The van der Waals surface area contributed by atoms with Gasteiger partial charge in [0.15, 0.2) is 0 Å². The number of allylic oxidation sites excluding steroid dienone is 1. The molecular weight excluding hydrogens is 308 g/mol. The van der Waals surface area contributed by atoms with Crippen LogP contribution in [0, 0.1) is 0 Å². The van der Waals surface area contributed by atoms with E-state index >= 15 is 0 Å². The molecule has 0 saturated carbocycles. The summed E-state index contributed by atoms with van der Waals surface area (Å²) in [6.07, 6.45) is 2.10. The third-order valence-electron chi connectivity index (χ3n) is 2.66. The van der Waals surface area contributed by atoms with E-state index in [2.05, 4.69) is 46.3 Å². The fraction of sp³-hybridized carbons (Fsp3) is 0.125. The zero-order valence-corrected chi connectivity index (χ0v) is 12.2. The Labute approximate surface area is 121 Å². The van der Waals surface area contributed by atoms with Gasteiger partial charge in [-0.1, -0.05) is 82.7 Å². The van der Waals surface area contributed by atoms with Crippen molar-refractivity contribution in [3.8, 4) is 0 Å². The first kappa shape index (κ1) is 13.4. The topological polar surface area (TPSA) is 0 Å². The molecule has 2 rings (SSSR count). The van der Waals surface area contributed by atoms with Gasteiger partial charge in [0, 0.05) is 5.33 Å². The SMILES string of the molecule is ClC(C=C(c1ccccc1)c1ccccc1)CBr. The molecule has 0 aromatic heterocycles. The Hall–Kier alpha value is -1.05. The maximum absolute atomic E-state index is 6.24. The summed E-state index contributed by atoms with van der Waals surface area (Å²) in [6, 6.07) is 20.7. The van der Waals surface area contributed by atoms with Crippen LogP contribution in [0.4, 0.5) is 0 Å². The highest BCUT2D eigenvalue weighted by molar-refractivity contribution is 9.09. The van der Waals surface area contributed by atoms with Crippen LogP contribution in [-0.4, -0.2) is 10.7 Å². The van der Waals surface area contributed by atoms with Crippen molar-refractivity contribution in [2.75, 3.05) is 5.33 Å². The molecule has 0 N–H and O–H groups in total. The maximum Gasteiger partial charge on any atom is 0.0622 e. The Morgan fingerprint density at radius 2 is 1.39 bits per heavy atom. The van der Waals surface area contributed by atoms with E-state index in [4.69, 9.17) is 11.6 Å². The highest BCUT2D eigenvalue weighted by atomic mass is 79.9. The standard InChI is InChI=1S/C16H14BrCl/c17-12-15(18)11-16(13-7-3-1-4-8-13)14-9-5-2-6-10-14/h1-11,15H,12H2. The van der Waals surface area contributed by atoms with Gasteiger partial charge in [-0.15, -0.1) is 11.6 Å². The van der Waals surface area contributed by atoms with Crippen molar-refractivity contribution in [2.45, 2.75) is 5.38 Å². The van der Waals surface area contributed by atoms with E-state index in [-0.39, 0.29) is 5.38 Å². The van der Waals surface area contributed by atoms with Gasteiger partial charge < -0.3 is 0 Å². The quantitative estimate of drug-likeness (QED) is 0.686. The van der Waals surface area contributed by atoms with Crippen LogP contribution in [0.5, 0.6) is 0 Å². The van der Waals surface area contributed by atoms with Crippen LogP contribution in [0.3, 0.4) is 0 Å². The number of hydrogen-bond acceptors (Lipinski definition) is 0. The minimum atomic E-state index is -0.0135. The Kier molecular flexibility index (Phi) is 5.03. The second-order valence-electron chi connectivity index (χ2n) is 3.98. The molecule has 0 bridgehead atoms. The Morgan fingerprint density at radius 3 is 1.78 bits per heavy atom. The van der Waals surface area contributed by atoms with Gasteiger partial charge in [0.05, 0.1) is 5.38 Å². The van der Waals surface area contributed by atoms with Crippen molar-refractivity contribution in [2.24, 2.45) is 0 Å². The van der Waals surface area contributed by atoms with Gasteiger partial charge in [0.1, 0.15) is 0 Å². The molecule has 2 aromatic carbocycles. The molecule has 0 heterocycles. The van der Waals surface area contributed by atoms with Gasteiger partial charge in [0.25, 0.3) is 0 Å². The predicted molar refractivity (Wildman–Crippen MR) is 83.4 cm³/mol. The lowest BCUT2D eigenvalue weighted by molar-refractivity contribution is 1.26. The largest absolute Gasteiger partial charge is 0.118 e. The molecule has 0 saturated heterocycles. The van der Waals surface area contributed by atoms with Gasteiger partial charge in [-0.3, -0.25) is 0 Å². The number of hydrogen-bond donors (Lipinski definition) is 0. The molecule has 1 unspecified atom stereocenters. The van der Waals surface area contributed by atoms with Crippen molar-refractivity contribution in [1.82, 2.24) is 0 Å². The third kappa shape index (κ3) is 3.47. The molecule has 92 valence electrons. The molecule has 0 aliphatic heterocycles. The summed E-state index contributed by atoms with van der Waals surface area (Å²) in [7, 11) is 0. The van der Waals surface area contributed by atoms with E-state index in [1.807, 2.05) is 36.4 Å². The first-order valence-electron chi connectivity index (χ1n) is 5.84. The summed E-state index contributed by atoms with van der Waals surface area (Å²) >= 11 is 9.65. The molecule has 0 aliphatic carbocycles. The second kappa shape index (κ2) is 6.77. The molecular formula is C16H14BrCl. The van der Waals surface area contributed by atoms with Crippen LogP contribution in [0.2, 0.25) is 0 Å². The van der Waals surface area contributed by atoms with Gasteiger partial charge in [-0.05, 0) is 16.7 Å². The highest BCUT2D eigenvalue weighted by Crippen LogP contribution is 2.25. The van der Waals surface area contributed by atoms with Crippen LogP contribution in [0.15, 0.2) is 66.7 Å². The molecule has 0 amide bonds. The van der Waals surface area contributed by atoms with Crippen molar-refractivity contribution < 1.29 is 0 Å². The molecule has 0 spiro atoms. The molecule has 0 fully saturated rings. The van der Waals surface area contributed by atoms with Gasteiger partial charge in [0.2, 0.25) is 0 Å². The molecule has 0 nitrogen and oxygen atoms in total. The first-order valence-corrected chi connectivity index (χ1v) is 7.40. The van der Waals surface area contributed by atoms with Crippen LogP contribution < -0.4 is 0 Å². The number of alkyl halides is 2. The van der Waals surface area contributed by atoms with Crippen LogP contribution in [0.1, 0.15) is 11.1 Å². The zero-order chi connectivity index (χ0) is 12.8. The summed E-state index contributed by atoms with van der Waals surface area (Å²) in [5, 5.41) is 0.734. The van der Waals surface area contributed by atoms with Crippen molar-refractivity contribution >= 4 is 33.1 Å². The molecule has 18 heavy (non-hydrogen) atoms. The summed E-state index contributed by atoms with van der Waals surface area (Å²) in [5.74, 6) is 0. The predicted octanol–water partition coefficient (Wildman–Crippen LogP) is 5.12. The Balaban J connectivity index is 2.45. The lowest BCUT2D eigenvalue weighted by Crippen LogP contribution is -1.98. The molecule has 2 aromatic rings. The van der Waals surface area contributed by atoms with Crippen LogP contribution >= 0.6 is 27.5 Å². The van der Waals surface area contributed by atoms with Gasteiger partial charge in [-0.25, -0.2) is 0 Å². The summed E-state index contributed by atoms with van der Waals surface area (Å²) in [5.41, 5.74) is 3.56. The molecule has 2 heteroatoms. The van der Waals surface area contributed by atoms with Gasteiger partial charge in [-0.2, -0.15) is 0 Å². The number of halogens is 2. The monoisotopic (exact) mass is 320 g/mol. The fourth-order valence-corrected chi connectivity index (χ4v) is 2.13. The summed E-state index contributed by atoms with van der Waals surface area (Å²) < 4.78 is 0. The van der Waals surface area contributed by atoms with E-state index in [1.165, 1.54) is 16.7 Å². The Bertz CT molecular complexity index is 464. The van der Waals surface area contributed by atoms with E-state index < -0.39 is 0 Å². The maximum atomic E-state index is 6.24. The summed E-state index contributed by atoms with van der Waals surface area (Å²) in [6.45, 7) is 0. The third-order valence-corrected chi connectivity index (χ3v) is 4.02. The first-order chi connectivity index (χ1) is 8.81. The lowest BCUT2D eigenvalue weighted by Gasteiger charge is -2.10. The van der Waals surface area contributed by atoms with E-state index in [9.17, 15) is 0 Å². The fourth-order valence-electron chi connectivity index (χ4n) is 1.82. The van der Waals surface area contributed by atoms with Crippen molar-refractivity contribution in [1.29, 1.82) is 0 Å². The average Bonchev–Trinajstić information content (AvgIpc) is 2.46.